The fourth-order valence-corrected chi connectivity index (χ4v) is 3.30. The van der Waals surface area contributed by atoms with Crippen LogP contribution in [0.4, 0.5) is 11.4 Å². The molecule has 3 rings (SSSR count). The van der Waals surface area contributed by atoms with E-state index >= 15 is 0 Å². The van der Waals surface area contributed by atoms with E-state index in [-0.39, 0.29) is 5.91 Å². The summed E-state index contributed by atoms with van der Waals surface area (Å²) in [7, 11) is 0. The molecule has 0 aliphatic heterocycles. The lowest BCUT2D eigenvalue weighted by Crippen LogP contribution is -2.25. The number of carbonyl (C=O) groups is 1. The Morgan fingerprint density at radius 3 is 2.44 bits per heavy atom. The number of nitrogens with one attached hydrogen (secondary N) is 2. The summed E-state index contributed by atoms with van der Waals surface area (Å²) in [4.78, 5) is 16.6. The number of ether oxygens (including phenoxy) is 1. The first kappa shape index (κ1) is 23.3. The van der Waals surface area contributed by atoms with Crippen LogP contribution in [0.15, 0.2) is 66.9 Å². The van der Waals surface area contributed by atoms with E-state index in [2.05, 4.69) is 49.4 Å². The van der Waals surface area contributed by atoms with Crippen molar-refractivity contribution in [2.45, 2.75) is 46.6 Å². The van der Waals surface area contributed by atoms with E-state index in [0.717, 1.165) is 29.2 Å². The fraction of sp³-hybridized carbons (Fsp3) is 0.333. The zero-order valence-corrected chi connectivity index (χ0v) is 19.4. The van der Waals surface area contributed by atoms with Gasteiger partial charge in [0.1, 0.15) is 12.4 Å². The Bertz CT molecular complexity index is 999. The zero-order valence-electron chi connectivity index (χ0n) is 19.4. The van der Waals surface area contributed by atoms with Crippen molar-refractivity contribution in [1.82, 2.24) is 10.3 Å². The number of benzene rings is 2. The SMILES string of the molecule is CC(C)CCNC(=O)c1ccc(Nc2ccc(OCc3ccccn3)cc2C(C)C)cc1. The van der Waals surface area contributed by atoms with Gasteiger partial charge in [-0.3, -0.25) is 9.78 Å². The highest BCUT2D eigenvalue weighted by molar-refractivity contribution is 5.94. The first-order valence-corrected chi connectivity index (χ1v) is 11.2. The highest BCUT2D eigenvalue weighted by Gasteiger charge is 2.11. The first-order valence-electron chi connectivity index (χ1n) is 11.2. The van der Waals surface area contributed by atoms with Gasteiger partial charge in [-0.25, -0.2) is 0 Å². The van der Waals surface area contributed by atoms with E-state index in [1.165, 1.54) is 5.56 Å². The summed E-state index contributed by atoms with van der Waals surface area (Å²) in [5.74, 6) is 1.68. The van der Waals surface area contributed by atoms with Crippen molar-refractivity contribution in [3.8, 4) is 5.75 Å². The number of hydrogen-bond acceptors (Lipinski definition) is 4. The lowest BCUT2D eigenvalue weighted by molar-refractivity contribution is 0.0952. The number of amides is 1. The molecule has 0 atom stereocenters. The Morgan fingerprint density at radius 1 is 1.00 bits per heavy atom. The summed E-state index contributed by atoms with van der Waals surface area (Å²) < 4.78 is 5.94. The maximum atomic E-state index is 12.3. The monoisotopic (exact) mass is 431 g/mol. The Labute approximate surface area is 191 Å². The van der Waals surface area contributed by atoms with E-state index in [1.807, 2.05) is 54.6 Å². The number of nitrogens with zero attached hydrogens (tertiary/aromatic N) is 1. The average Bonchev–Trinajstić information content (AvgIpc) is 2.79. The summed E-state index contributed by atoms with van der Waals surface area (Å²) >= 11 is 0. The van der Waals surface area contributed by atoms with Gasteiger partial charge in [-0.2, -0.15) is 0 Å². The predicted octanol–water partition coefficient (Wildman–Crippen LogP) is 6.30. The molecule has 5 nitrogen and oxygen atoms in total. The predicted molar refractivity (Wildman–Crippen MR) is 131 cm³/mol. The number of anilines is 2. The molecule has 3 aromatic rings. The molecular formula is C27H33N3O2. The number of hydrogen-bond donors (Lipinski definition) is 2. The van der Waals surface area contributed by atoms with Gasteiger partial charge in [-0.05, 0) is 78.4 Å². The van der Waals surface area contributed by atoms with Crippen molar-refractivity contribution in [1.29, 1.82) is 0 Å². The van der Waals surface area contributed by atoms with E-state index in [9.17, 15) is 4.79 Å². The van der Waals surface area contributed by atoms with Gasteiger partial charge in [0.15, 0.2) is 0 Å². The minimum absolute atomic E-state index is 0.0329. The van der Waals surface area contributed by atoms with Crippen molar-refractivity contribution in [2.75, 3.05) is 11.9 Å². The first-order chi connectivity index (χ1) is 15.4. The number of rotatable bonds is 10. The summed E-state index contributed by atoms with van der Waals surface area (Å²) in [5.41, 5.74) is 4.70. The summed E-state index contributed by atoms with van der Waals surface area (Å²) in [6, 6.07) is 19.5. The van der Waals surface area contributed by atoms with Crippen molar-refractivity contribution >= 4 is 17.3 Å². The van der Waals surface area contributed by atoms with Crippen LogP contribution in [0.25, 0.3) is 0 Å². The summed E-state index contributed by atoms with van der Waals surface area (Å²) in [5, 5.41) is 6.46. The molecule has 0 unspecified atom stereocenters. The van der Waals surface area contributed by atoms with Crippen LogP contribution in [0.3, 0.4) is 0 Å². The van der Waals surface area contributed by atoms with Crippen LogP contribution in [0.5, 0.6) is 5.75 Å². The van der Waals surface area contributed by atoms with Gasteiger partial charge in [0, 0.05) is 29.7 Å². The Kier molecular flexibility index (Phi) is 8.26. The second kappa shape index (κ2) is 11.3. The van der Waals surface area contributed by atoms with Crippen molar-refractivity contribution in [3.63, 3.8) is 0 Å². The molecule has 0 radical (unpaired) electrons. The standard InChI is InChI=1S/C27H33N3O2/c1-19(2)14-16-29-27(31)21-8-10-22(11-9-21)30-26-13-12-24(17-25(26)20(3)4)32-18-23-7-5-6-15-28-23/h5-13,15,17,19-20,30H,14,16,18H2,1-4H3,(H,29,31). The Balaban J connectivity index is 1.65. The van der Waals surface area contributed by atoms with Crippen LogP contribution in [-0.4, -0.2) is 17.4 Å². The Hall–Kier alpha value is -3.34. The quantitative estimate of drug-likeness (QED) is 0.395. The molecule has 0 aliphatic carbocycles. The molecule has 0 saturated carbocycles. The van der Waals surface area contributed by atoms with Crippen LogP contribution in [0.1, 0.15) is 61.6 Å². The van der Waals surface area contributed by atoms with Gasteiger partial charge in [0.2, 0.25) is 0 Å². The van der Waals surface area contributed by atoms with Crippen LogP contribution < -0.4 is 15.4 Å². The molecule has 0 fully saturated rings. The zero-order chi connectivity index (χ0) is 22.9. The van der Waals surface area contributed by atoms with E-state index in [4.69, 9.17) is 4.74 Å². The average molecular weight is 432 g/mol. The molecule has 0 saturated heterocycles. The second-order valence-corrected chi connectivity index (χ2v) is 8.65. The van der Waals surface area contributed by atoms with Crippen LogP contribution in [0, 0.1) is 5.92 Å². The fourth-order valence-electron chi connectivity index (χ4n) is 3.30. The topological polar surface area (TPSA) is 63.2 Å². The molecule has 1 aromatic heterocycles. The molecule has 0 bridgehead atoms. The maximum absolute atomic E-state index is 12.3. The number of carbonyl (C=O) groups excluding carboxylic acids is 1. The minimum atomic E-state index is -0.0329. The maximum Gasteiger partial charge on any atom is 0.251 e. The molecule has 32 heavy (non-hydrogen) atoms. The minimum Gasteiger partial charge on any atom is -0.487 e. The van der Waals surface area contributed by atoms with Crippen molar-refractivity contribution in [2.24, 2.45) is 5.92 Å². The molecule has 168 valence electrons. The van der Waals surface area contributed by atoms with Gasteiger partial charge in [-0.15, -0.1) is 0 Å². The summed E-state index contributed by atoms with van der Waals surface area (Å²) in [6.07, 6.45) is 2.75. The molecule has 2 N–H and O–H groups in total. The molecule has 1 amide bonds. The highest BCUT2D eigenvalue weighted by atomic mass is 16.5. The third-order valence-electron chi connectivity index (χ3n) is 5.19. The lowest BCUT2D eigenvalue weighted by atomic mass is 10.0. The Morgan fingerprint density at radius 2 is 1.78 bits per heavy atom. The van der Waals surface area contributed by atoms with Gasteiger partial charge in [0.05, 0.1) is 5.69 Å². The van der Waals surface area contributed by atoms with E-state index in [1.54, 1.807) is 6.20 Å². The third-order valence-corrected chi connectivity index (χ3v) is 5.19. The normalized spacial score (nSPS) is 10.9. The molecule has 1 heterocycles. The number of pyridine rings is 1. The van der Waals surface area contributed by atoms with Gasteiger partial charge in [-0.1, -0.05) is 33.8 Å². The number of aromatic nitrogens is 1. The largest absolute Gasteiger partial charge is 0.487 e. The van der Waals surface area contributed by atoms with Gasteiger partial charge >= 0.3 is 0 Å². The van der Waals surface area contributed by atoms with Crippen molar-refractivity contribution < 1.29 is 9.53 Å². The van der Waals surface area contributed by atoms with E-state index < -0.39 is 0 Å². The molecule has 0 aliphatic rings. The second-order valence-electron chi connectivity index (χ2n) is 8.65. The highest BCUT2D eigenvalue weighted by Crippen LogP contribution is 2.31. The van der Waals surface area contributed by atoms with E-state index in [0.29, 0.717) is 30.6 Å². The lowest BCUT2D eigenvalue weighted by Gasteiger charge is -2.17. The van der Waals surface area contributed by atoms with Crippen molar-refractivity contribution in [3.05, 3.63) is 83.7 Å². The summed E-state index contributed by atoms with van der Waals surface area (Å²) in [6.45, 7) is 9.75. The molecule has 0 spiro atoms. The van der Waals surface area contributed by atoms with Crippen LogP contribution in [0.2, 0.25) is 0 Å². The molecular weight excluding hydrogens is 398 g/mol. The van der Waals surface area contributed by atoms with Crippen LogP contribution >= 0.6 is 0 Å². The van der Waals surface area contributed by atoms with Gasteiger partial charge in [0.25, 0.3) is 5.91 Å². The third kappa shape index (κ3) is 6.84. The van der Waals surface area contributed by atoms with Crippen LogP contribution in [-0.2, 0) is 6.61 Å². The van der Waals surface area contributed by atoms with Gasteiger partial charge < -0.3 is 15.4 Å². The smallest absolute Gasteiger partial charge is 0.251 e. The molecule has 5 heteroatoms. The molecule has 2 aromatic carbocycles.